The van der Waals surface area contributed by atoms with Crippen LogP contribution in [0.25, 0.3) is 16.9 Å². The standard InChI is InChI=1S/C19H20N4O2/c24-19(10-15-4-3-9-25-15)21-12-14-7-8-18(20-11-14)23-13-22-16-5-1-2-6-17(16)23/h1-2,5-8,11,13,15H,3-4,9-10,12H2,(H,21,24)/t15-/m0/s1. The van der Waals surface area contributed by atoms with Crippen LogP contribution in [0, 0.1) is 0 Å². The maximum Gasteiger partial charge on any atom is 0.222 e. The number of carbonyl (C=O) groups is 1. The van der Waals surface area contributed by atoms with Gasteiger partial charge in [0.25, 0.3) is 0 Å². The summed E-state index contributed by atoms with van der Waals surface area (Å²) >= 11 is 0. The summed E-state index contributed by atoms with van der Waals surface area (Å²) in [5, 5.41) is 2.93. The third kappa shape index (κ3) is 3.53. The fourth-order valence-corrected chi connectivity index (χ4v) is 3.09. The van der Waals surface area contributed by atoms with E-state index in [0.717, 1.165) is 41.9 Å². The maximum absolute atomic E-state index is 11.9. The number of rotatable bonds is 5. The number of fused-ring (bicyclic) bond motifs is 1. The number of carbonyl (C=O) groups excluding carboxylic acids is 1. The average Bonchev–Trinajstić information content (AvgIpc) is 3.30. The molecule has 6 nitrogen and oxygen atoms in total. The van der Waals surface area contributed by atoms with Crippen LogP contribution in [0.3, 0.4) is 0 Å². The molecule has 4 rings (SSSR count). The van der Waals surface area contributed by atoms with Gasteiger partial charge < -0.3 is 10.1 Å². The van der Waals surface area contributed by atoms with E-state index in [2.05, 4.69) is 15.3 Å². The molecule has 1 atom stereocenters. The molecule has 1 amide bonds. The number of pyridine rings is 1. The summed E-state index contributed by atoms with van der Waals surface area (Å²) in [6, 6.07) is 11.9. The SMILES string of the molecule is O=C(C[C@@H]1CCCO1)NCc1ccc(-n2cnc3ccccc32)nc1. The molecule has 1 aliphatic heterocycles. The Morgan fingerprint density at radius 2 is 2.16 bits per heavy atom. The number of aromatic nitrogens is 3. The Hall–Kier alpha value is -2.73. The number of para-hydroxylation sites is 2. The summed E-state index contributed by atoms with van der Waals surface area (Å²) < 4.78 is 7.44. The fourth-order valence-electron chi connectivity index (χ4n) is 3.09. The normalized spacial score (nSPS) is 17.0. The summed E-state index contributed by atoms with van der Waals surface area (Å²) in [6.07, 6.45) is 6.10. The highest BCUT2D eigenvalue weighted by atomic mass is 16.5. The van der Waals surface area contributed by atoms with Crippen molar-refractivity contribution >= 4 is 16.9 Å². The summed E-state index contributed by atoms with van der Waals surface area (Å²) in [6.45, 7) is 1.25. The van der Waals surface area contributed by atoms with Crippen molar-refractivity contribution in [1.29, 1.82) is 0 Å². The van der Waals surface area contributed by atoms with Crippen LogP contribution < -0.4 is 5.32 Å². The molecule has 3 heterocycles. The largest absolute Gasteiger partial charge is 0.378 e. The van der Waals surface area contributed by atoms with Crippen LogP contribution in [0.1, 0.15) is 24.8 Å². The van der Waals surface area contributed by atoms with Crippen LogP contribution in [-0.2, 0) is 16.1 Å². The fraction of sp³-hybridized carbons (Fsp3) is 0.316. The van der Waals surface area contributed by atoms with Crippen LogP contribution in [0.5, 0.6) is 0 Å². The van der Waals surface area contributed by atoms with E-state index in [9.17, 15) is 4.79 Å². The van der Waals surface area contributed by atoms with Gasteiger partial charge in [-0.3, -0.25) is 9.36 Å². The molecule has 1 N–H and O–H groups in total. The Kier molecular flexibility index (Phi) is 4.43. The lowest BCUT2D eigenvalue weighted by atomic mass is 10.2. The molecule has 1 saturated heterocycles. The summed E-state index contributed by atoms with van der Waals surface area (Å²) in [5.41, 5.74) is 2.93. The third-order valence-corrected chi connectivity index (χ3v) is 4.44. The van der Waals surface area contributed by atoms with E-state index in [4.69, 9.17) is 4.74 Å². The van der Waals surface area contributed by atoms with Crippen molar-refractivity contribution < 1.29 is 9.53 Å². The van der Waals surface area contributed by atoms with Gasteiger partial charge in [0.05, 0.1) is 23.6 Å². The van der Waals surface area contributed by atoms with Crippen molar-refractivity contribution in [3.63, 3.8) is 0 Å². The maximum atomic E-state index is 11.9. The lowest BCUT2D eigenvalue weighted by Gasteiger charge is -2.10. The molecule has 3 aromatic rings. The van der Waals surface area contributed by atoms with E-state index < -0.39 is 0 Å². The average molecular weight is 336 g/mol. The monoisotopic (exact) mass is 336 g/mol. The Labute approximate surface area is 145 Å². The highest BCUT2D eigenvalue weighted by molar-refractivity contribution is 5.77. The molecular weight excluding hydrogens is 316 g/mol. The van der Waals surface area contributed by atoms with Gasteiger partial charge in [-0.25, -0.2) is 9.97 Å². The number of hydrogen-bond acceptors (Lipinski definition) is 4. The molecule has 0 radical (unpaired) electrons. The highest BCUT2D eigenvalue weighted by Gasteiger charge is 2.18. The van der Waals surface area contributed by atoms with Crippen LogP contribution in [0.15, 0.2) is 48.9 Å². The van der Waals surface area contributed by atoms with E-state index >= 15 is 0 Å². The third-order valence-electron chi connectivity index (χ3n) is 4.44. The first-order valence-electron chi connectivity index (χ1n) is 8.55. The lowest BCUT2D eigenvalue weighted by molar-refractivity contribution is -0.123. The number of amides is 1. The molecule has 1 aromatic carbocycles. The first-order valence-corrected chi connectivity index (χ1v) is 8.55. The molecule has 0 spiro atoms. The molecule has 0 unspecified atom stereocenters. The summed E-state index contributed by atoms with van der Waals surface area (Å²) in [7, 11) is 0. The Bertz CT molecular complexity index is 867. The van der Waals surface area contributed by atoms with E-state index in [1.54, 1.807) is 12.5 Å². The smallest absolute Gasteiger partial charge is 0.222 e. The van der Waals surface area contributed by atoms with E-state index in [1.807, 2.05) is 41.0 Å². The van der Waals surface area contributed by atoms with Gasteiger partial charge in [-0.05, 0) is 36.6 Å². The number of hydrogen-bond donors (Lipinski definition) is 1. The molecule has 6 heteroatoms. The van der Waals surface area contributed by atoms with Gasteiger partial charge in [-0.1, -0.05) is 18.2 Å². The Morgan fingerprint density at radius 3 is 2.96 bits per heavy atom. The predicted octanol–water partition coefficient (Wildman–Crippen LogP) is 2.61. The Balaban J connectivity index is 1.39. The minimum absolute atomic E-state index is 0.0246. The van der Waals surface area contributed by atoms with Crippen molar-refractivity contribution in [2.75, 3.05) is 6.61 Å². The van der Waals surface area contributed by atoms with E-state index in [1.165, 1.54) is 0 Å². The molecular formula is C19H20N4O2. The zero-order chi connectivity index (χ0) is 17.1. The predicted molar refractivity (Wildman–Crippen MR) is 94.3 cm³/mol. The number of imidazole rings is 1. The van der Waals surface area contributed by atoms with Crippen molar-refractivity contribution in [2.24, 2.45) is 0 Å². The van der Waals surface area contributed by atoms with Crippen LogP contribution in [0.4, 0.5) is 0 Å². The Morgan fingerprint density at radius 1 is 1.24 bits per heavy atom. The van der Waals surface area contributed by atoms with Crippen molar-refractivity contribution in [3.8, 4) is 5.82 Å². The number of nitrogens with one attached hydrogen (secondary N) is 1. The van der Waals surface area contributed by atoms with Gasteiger partial charge in [0.2, 0.25) is 5.91 Å². The molecule has 0 bridgehead atoms. The van der Waals surface area contributed by atoms with Crippen LogP contribution in [0.2, 0.25) is 0 Å². The first kappa shape index (κ1) is 15.8. The number of ether oxygens (including phenoxy) is 1. The summed E-state index contributed by atoms with van der Waals surface area (Å²) in [5.74, 6) is 0.833. The van der Waals surface area contributed by atoms with Gasteiger partial charge in [0.15, 0.2) is 0 Å². The molecule has 128 valence electrons. The van der Waals surface area contributed by atoms with Crippen molar-refractivity contribution in [1.82, 2.24) is 19.9 Å². The van der Waals surface area contributed by atoms with Gasteiger partial charge >= 0.3 is 0 Å². The van der Waals surface area contributed by atoms with E-state index in [-0.39, 0.29) is 12.0 Å². The molecule has 0 aliphatic carbocycles. The minimum atomic E-state index is 0.0246. The van der Waals surface area contributed by atoms with Gasteiger partial charge in [-0.15, -0.1) is 0 Å². The summed E-state index contributed by atoms with van der Waals surface area (Å²) in [4.78, 5) is 20.8. The second-order valence-corrected chi connectivity index (χ2v) is 6.24. The molecule has 2 aromatic heterocycles. The molecule has 0 saturated carbocycles. The molecule has 1 fully saturated rings. The van der Waals surface area contributed by atoms with Gasteiger partial charge in [0, 0.05) is 19.3 Å². The zero-order valence-corrected chi connectivity index (χ0v) is 13.9. The number of nitrogens with zero attached hydrogens (tertiary/aromatic N) is 3. The quantitative estimate of drug-likeness (QED) is 0.777. The topological polar surface area (TPSA) is 69.0 Å². The highest BCUT2D eigenvalue weighted by Crippen LogP contribution is 2.17. The second kappa shape index (κ2) is 7.03. The van der Waals surface area contributed by atoms with Crippen molar-refractivity contribution in [3.05, 3.63) is 54.5 Å². The minimum Gasteiger partial charge on any atom is -0.378 e. The van der Waals surface area contributed by atoms with Crippen LogP contribution in [-0.4, -0.2) is 33.2 Å². The van der Waals surface area contributed by atoms with Crippen molar-refractivity contribution in [2.45, 2.75) is 31.9 Å². The van der Waals surface area contributed by atoms with E-state index in [0.29, 0.717) is 13.0 Å². The second-order valence-electron chi connectivity index (χ2n) is 6.24. The zero-order valence-electron chi connectivity index (χ0n) is 13.9. The molecule has 25 heavy (non-hydrogen) atoms. The van der Waals surface area contributed by atoms with Gasteiger partial charge in [-0.2, -0.15) is 0 Å². The van der Waals surface area contributed by atoms with Gasteiger partial charge in [0.1, 0.15) is 12.1 Å². The lowest BCUT2D eigenvalue weighted by Crippen LogP contribution is -2.26. The first-order chi connectivity index (χ1) is 12.3. The number of benzene rings is 1. The molecule has 1 aliphatic rings. The van der Waals surface area contributed by atoms with Crippen LogP contribution >= 0.6 is 0 Å².